The Bertz CT molecular complexity index is 603. The van der Waals surface area contributed by atoms with E-state index in [4.69, 9.17) is 10.5 Å². The Morgan fingerprint density at radius 2 is 1.85 bits per heavy atom. The molecule has 0 radical (unpaired) electrons. The normalized spacial score (nSPS) is 9.50. The molecule has 0 unspecified atom stereocenters. The van der Waals surface area contributed by atoms with E-state index in [0.29, 0.717) is 22.7 Å². The van der Waals surface area contributed by atoms with Gasteiger partial charge in [0.05, 0.1) is 12.8 Å². The fourth-order valence-electron chi connectivity index (χ4n) is 1.61. The molecule has 0 fully saturated rings. The molecular weight excluding hydrogens is 344 g/mol. The third kappa shape index (κ3) is 3.88. The number of ether oxygens (including phenoxy) is 1. The maximum Gasteiger partial charge on any atom is 0.255 e. The zero-order valence-electron chi connectivity index (χ0n) is 10.7. The van der Waals surface area contributed by atoms with Crippen LogP contribution in [0.5, 0.6) is 5.75 Å². The summed E-state index contributed by atoms with van der Waals surface area (Å²) in [6.45, 7) is 0. The van der Waals surface area contributed by atoms with Gasteiger partial charge < -0.3 is 15.8 Å². The second-order valence-corrected chi connectivity index (χ2v) is 4.84. The first-order chi connectivity index (χ1) is 9.10. The lowest BCUT2D eigenvalue weighted by Crippen LogP contribution is -2.12. The Balaban J connectivity index is 0.00000200. The molecule has 0 heterocycles. The number of methoxy groups -OCH3 is 1. The maximum absolute atomic E-state index is 12.1. The van der Waals surface area contributed by atoms with E-state index in [-0.39, 0.29) is 18.3 Å². The van der Waals surface area contributed by atoms with Crippen molar-refractivity contribution in [2.45, 2.75) is 0 Å². The van der Waals surface area contributed by atoms with Gasteiger partial charge in [-0.1, -0.05) is 15.9 Å². The Hall–Kier alpha value is -1.72. The number of carbonyl (C=O) groups is 1. The summed E-state index contributed by atoms with van der Waals surface area (Å²) in [5, 5.41) is 2.80. The standard InChI is InChI=1S/C14H13BrN2O2.ClH/c1-19-13-7-4-10(15)8-12(13)17-14(18)9-2-5-11(16)6-3-9;/h2-8H,16H2,1H3,(H,17,18);1H. The molecule has 106 valence electrons. The smallest absolute Gasteiger partial charge is 0.255 e. The number of nitrogens with two attached hydrogens (primary N) is 1. The molecule has 0 saturated carbocycles. The zero-order valence-corrected chi connectivity index (χ0v) is 13.1. The average molecular weight is 358 g/mol. The lowest BCUT2D eigenvalue weighted by Gasteiger charge is -2.10. The van der Waals surface area contributed by atoms with Crippen molar-refractivity contribution in [2.75, 3.05) is 18.2 Å². The summed E-state index contributed by atoms with van der Waals surface area (Å²) < 4.78 is 6.06. The molecule has 1 amide bonds. The molecule has 20 heavy (non-hydrogen) atoms. The number of benzene rings is 2. The number of anilines is 2. The highest BCUT2D eigenvalue weighted by molar-refractivity contribution is 9.10. The summed E-state index contributed by atoms with van der Waals surface area (Å²) in [4.78, 5) is 12.1. The monoisotopic (exact) mass is 356 g/mol. The Kier molecular flexibility index (Phi) is 5.85. The van der Waals surface area contributed by atoms with Gasteiger partial charge in [-0.05, 0) is 42.5 Å². The first kappa shape index (κ1) is 16.3. The van der Waals surface area contributed by atoms with Crippen LogP contribution in [0.3, 0.4) is 0 Å². The molecule has 2 rings (SSSR count). The van der Waals surface area contributed by atoms with E-state index < -0.39 is 0 Å². The van der Waals surface area contributed by atoms with Crippen LogP contribution < -0.4 is 15.8 Å². The molecule has 3 N–H and O–H groups in total. The van der Waals surface area contributed by atoms with Crippen LogP contribution >= 0.6 is 28.3 Å². The van der Waals surface area contributed by atoms with Crippen molar-refractivity contribution in [1.82, 2.24) is 0 Å². The number of nitrogens with one attached hydrogen (secondary N) is 1. The fourth-order valence-corrected chi connectivity index (χ4v) is 1.97. The Labute approximate surface area is 131 Å². The summed E-state index contributed by atoms with van der Waals surface area (Å²) in [6.07, 6.45) is 0. The van der Waals surface area contributed by atoms with Crippen molar-refractivity contribution < 1.29 is 9.53 Å². The highest BCUT2D eigenvalue weighted by atomic mass is 79.9. The van der Waals surface area contributed by atoms with Gasteiger partial charge in [-0.25, -0.2) is 0 Å². The van der Waals surface area contributed by atoms with Gasteiger partial charge in [0.15, 0.2) is 0 Å². The van der Waals surface area contributed by atoms with Crippen LogP contribution in [0.4, 0.5) is 11.4 Å². The Morgan fingerprint density at radius 1 is 1.20 bits per heavy atom. The molecule has 2 aromatic carbocycles. The third-order valence-corrected chi connectivity index (χ3v) is 3.08. The summed E-state index contributed by atoms with van der Waals surface area (Å²) >= 11 is 3.36. The van der Waals surface area contributed by atoms with E-state index >= 15 is 0 Å². The van der Waals surface area contributed by atoms with Crippen LogP contribution in [0.15, 0.2) is 46.9 Å². The first-order valence-electron chi connectivity index (χ1n) is 5.60. The molecule has 0 bridgehead atoms. The van der Waals surface area contributed by atoms with Crippen LogP contribution in [0.25, 0.3) is 0 Å². The minimum absolute atomic E-state index is 0. The highest BCUT2D eigenvalue weighted by Crippen LogP contribution is 2.28. The number of carbonyl (C=O) groups excluding carboxylic acids is 1. The molecule has 6 heteroatoms. The van der Waals surface area contributed by atoms with Gasteiger partial charge in [-0.3, -0.25) is 4.79 Å². The van der Waals surface area contributed by atoms with E-state index in [9.17, 15) is 4.79 Å². The van der Waals surface area contributed by atoms with Crippen molar-refractivity contribution in [3.63, 3.8) is 0 Å². The van der Waals surface area contributed by atoms with Crippen molar-refractivity contribution in [3.05, 3.63) is 52.5 Å². The SMILES string of the molecule is COc1ccc(Br)cc1NC(=O)c1ccc(N)cc1.Cl. The number of halogens is 2. The van der Waals surface area contributed by atoms with Crippen LogP contribution in [0.2, 0.25) is 0 Å². The molecule has 4 nitrogen and oxygen atoms in total. The number of nitrogen functional groups attached to an aromatic ring is 1. The third-order valence-electron chi connectivity index (χ3n) is 2.58. The predicted molar refractivity (Wildman–Crippen MR) is 86.7 cm³/mol. The van der Waals surface area contributed by atoms with E-state index in [2.05, 4.69) is 21.2 Å². The van der Waals surface area contributed by atoms with Gasteiger partial charge in [0.2, 0.25) is 0 Å². The van der Waals surface area contributed by atoms with Crippen molar-refractivity contribution >= 4 is 45.6 Å². The van der Waals surface area contributed by atoms with Crippen molar-refractivity contribution in [3.8, 4) is 5.75 Å². The summed E-state index contributed by atoms with van der Waals surface area (Å²) in [7, 11) is 1.56. The maximum atomic E-state index is 12.1. The van der Waals surface area contributed by atoms with Gasteiger partial charge >= 0.3 is 0 Å². The summed E-state index contributed by atoms with van der Waals surface area (Å²) in [5.74, 6) is 0.392. The fraction of sp³-hybridized carbons (Fsp3) is 0.0714. The van der Waals surface area contributed by atoms with Crippen molar-refractivity contribution in [2.24, 2.45) is 0 Å². The van der Waals surface area contributed by atoms with E-state index in [1.54, 1.807) is 43.5 Å². The van der Waals surface area contributed by atoms with Gasteiger partial charge in [0.1, 0.15) is 5.75 Å². The Morgan fingerprint density at radius 3 is 2.45 bits per heavy atom. The molecule has 0 saturated heterocycles. The van der Waals surface area contributed by atoms with Gasteiger partial charge in [0, 0.05) is 15.7 Å². The molecule has 0 atom stereocenters. The topological polar surface area (TPSA) is 64.3 Å². The summed E-state index contributed by atoms with van der Waals surface area (Å²) in [5.41, 5.74) is 7.36. The molecule has 0 aliphatic rings. The predicted octanol–water partition coefficient (Wildman–Crippen LogP) is 3.71. The second-order valence-electron chi connectivity index (χ2n) is 3.92. The molecular formula is C14H14BrClN2O2. The highest BCUT2D eigenvalue weighted by Gasteiger charge is 2.10. The summed E-state index contributed by atoms with van der Waals surface area (Å²) in [6, 6.07) is 12.1. The van der Waals surface area contributed by atoms with Gasteiger partial charge in [-0.2, -0.15) is 0 Å². The van der Waals surface area contributed by atoms with E-state index in [1.165, 1.54) is 0 Å². The number of hydrogen-bond acceptors (Lipinski definition) is 3. The van der Waals surface area contributed by atoms with Gasteiger partial charge in [0.25, 0.3) is 5.91 Å². The number of hydrogen-bond donors (Lipinski definition) is 2. The van der Waals surface area contributed by atoms with Crippen LogP contribution in [0, 0.1) is 0 Å². The van der Waals surface area contributed by atoms with E-state index in [1.807, 2.05) is 6.07 Å². The lowest BCUT2D eigenvalue weighted by atomic mass is 10.2. The average Bonchev–Trinajstić information content (AvgIpc) is 2.39. The second kappa shape index (κ2) is 7.17. The van der Waals surface area contributed by atoms with Crippen LogP contribution in [-0.4, -0.2) is 13.0 Å². The molecule has 0 aromatic heterocycles. The quantitative estimate of drug-likeness (QED) is 0.823. The molecule has 2 aromatic rings. The van der Waals surface area contributed by atoms with Crippen LogP contribution in [0.1, 0.15) is 10.4 Å². The molecule has 0 aliphatic heterocycles. The lowest BCUT2D eigenvalue weighted by molar-refractivity contribution is 0.102. The van der Waals surface area contributed by atoms with Crippen LogP contribution in [-0.2, 0) is 0 Å². The number of amides is 1. The number of rotatable bonds is 3. The largest absolute Gasteiger partial charge is 0.495 e. The van der Waals surface area contributed by atoms with Crippen molar-refractivity contribution in [1.29, 1.82) is 0 Å². The molecule has 0 aliphatic carbocycles. The first-order valence-corrected chi connectivity index (χ1v) is 6.40. The molecule has 0 spiro atoms. The zero-order chi connectivity index (χ0) is 13.8. The van der Waals surface area contributed by atoms with Gasteiger partial charge in [-0.15, -0.1) is 12.4 Å². The minimum Gasteiger partial charge on any atom is -0.495 e. The minimum atomic E-state index is -0.212. The van der Waals surface area contributed by atoms with E-state index in [0.717, 1.165) is 4.47 Å².